The van der Waals surface area contributed by atoms with Crippen LogP contribution < -0.4 is 14.8 Å². The zero-order chi connectivity index (χ0) is 12.7. The number of hydrogen-bond donors (Lipinski definition) is 1. The summed E-state index contributed by atoms with van der Waals surface area (Å²) < 4.78 is 10.4. The molecule has 0 aliphatic rings. The van der Waals surface area contributed by atoms with Gasteiger partial charge in [-0.15, -0.1) is 11.6 Å². The van der Waals surface area contributed by atoms with Crippen molar-refractivity contribution in [3.05, 3.63) is 23.8 Å². The van der Waals surface area contributed by atoms with Gasteiger partial charge in [0.2, 0.25) is 5.91 Å². The summed E-state index contributed by atoms with van der Waals surface area (Å²) in [4.78, 5) is 11.0. The van der Waals surface area contributed by atoms with Crippen LogP contribution in [-0.4, -0.2) is 32.6 Å². The molecule has 1 rings (SSSR count). The fourth-order valence-electron chi connectivity index (χ4n) is 1.44. The summed E-state index contributed by atoms with van der Waals surface area (Å²) in [5, 5.41) is 2.70. The van der Waals surface area contributed by atoms with Crippen LogP contribution in [0.15, 0.2) is 18.2 Å². The molecule has 0 unspecified atom stereocenters. The van der Waals surface area contributed by atoms with Crippen molar-refractivity contribution in [2.75, 3.05) is 26.6 Å². The van der Waals surface area contributed by atoms with Crippen molar-refractivity contribution in [2.24, 2.45) is 0 Å². The highest BCUT2D eigenvalue weighted by Gasteiger charge is 2.05. The second-order valence-electron chi connectivity index (χ2n) is 3.41. The first kappa shape index (κ1) is 13.6. The molecular formula is C12H16ClNO3. The van der Waals surface area contributed by atoms with Gasteiger partial charge in [-0.1, -0.05) is 6.07 Å². The number of methoxy groups -OCH3 is 2. The van der Waals surface area contributed by atoms with E-state index in [0.717, 1.165) is 17.1 Å². The highest BCUT2D eigenvalue weighted by atomic mass is 35.5. The molecule has 94 valence electrons. The lowest BCUT2D eigenvalue weighted by Crippen LogP contribution is -2.26. The number of amides is 1. The minimum atomic E-state index is -0.167. The molecule has 0 aliphatic carbocycles. The molecule has 17 heavy (non-hydrogen) atoms. The third kappa shape index (κ3) is 4.15. The predicted molar refractivity (Wildman–Crippen MR) is 67.0 cm³/mol. The largest absolute Gasteiger partial charge is 0.497 e. The first-order valence-corrected chi connectivity index (χ1v) is 5.78. The van der Waals surface area contributed by atoms with E-state index in [4.69, 9.17) is 21.1 Å². The number of rotatable bonds is 6. The third-order valence-electron chi connectivity index (χ3n) is 2.33. The van der Waals surface area contributed by atoms with Crippen LogP contribution in [0, 0.1) is 0 Å². The molecule has 0 spiro atoms. The highest BCUT2D eigenvalue weighted by molar-refractivity contribution is 6.27. The van der Waals surface area contributed by atoms with Gasteiger partial charge in [-0.05, 0) is 18.1 Å². The van der Waals surface area contributed by atoms with E-state index in [0.29, 0.717) is 13.0 Å². The average molecular weight is 258 g/mol. The van der Waals surface area contributed by atoms with Crippen molar-refractivity contribution in [2.45, 2.75) is 6.42 Å². The van der Waals surface area contributed by atoms with Crippen molar-refractivity contribution in [1.29, 1.82) is 0 Å². The Morgan fingerprint density at radius 3 is 2.71 bits per heavy atom. The van der Waals surface area contributed by atoms with Gasteiger partial charge in [-0.25, -0.2) is 0 Å². The van der Waals surface area contributed by atoms with Crippen LogP contribution in [0.25, 0.3) is 0 Å². The molecular weight excluding hydrogens is 242 g/mol. The number of nitrogens with one attached hydrogen (secondary N) is 1. The quantitative estimate of drug-likeness (QED) is 0.788. The topological polar surface area (TPSA) is 47.6 Å². The van der Waals surface area contributed by atoms with Gasteiger partial charge < -0.3 is 14.8 Å². The van der Waals surface area contributed by atoms with Crippen molar-refractivity contribution < 1.29 is 14.3 Å². The molecule has 0 saturated carbocycles. The summed E-state index contributed by atoms with van der Waals surface area (Å²) in [6.45, 7) is 0.536. The Kier molecular flexibility index (Phi) is 5.63. The lowest BCUT2D eigenvalue weighted by molar-refractivity contribution is -0.118. The monoisotopic (exact) mass is 257 g/mol. The minimum absolute atomic E-state index is 0.0141. The molecule has 0 aliphatic heterocycles. The third-order valence-corrected chi connectivity index (χ3v) is 2.57. The fourth-order valence-corrected chi connectivity index (χ4v) is 1.54. The summed E-state index contributed by atoms with van der Waals surface area (Å²) in [6.07, 6.45) is 0.690. The van der Waals surface area contributed by atoms with E-state index in [2.05, 4.69) is 5.32 Å². The van der Waals surface area contributed by atoms with Gasteiger partial charge in [0, 0.05) is 12.6 Å². The number of alkyl halides is 1. The Hall–Kier alpha value is -1.42. The second-order valence-corrected chi connectivity index (χ2v) is 3.68. The number of hydrogen-bond acceptors (Lipinski definition) is 3. The Balaban J connectivity index is 2.61. The van der Waals surface area contributed by atoms with Crippen LogP contribution in [-0.2, 0) is 11.2 Å². The van der Waals surface area contributed by atoms with Crippen LogP contribution in [0.3, 0.4) is 0 Å². The van der Waals surface area contributed by atoms with Gasteiger partial charge in [0.1, 0.15) is 17.4 Å². The smallest absolute Gasteiger partial charge is 0.234 e. The number of carbonyl (C=O) groups excluding carboxylic acids is 1. The van der Waals surface area contributed by atoms with Crippen LogP contribution >= 0.6 is 11.6 Å². The van der Waals surface area contributed by atoms with Crippen molar-refractivity contribution in [3.63, 3.8) is 0 Å². The van der Waals surface area contributed by atoms with Gasteiger partial charge in [0.05, 0.1) is 14.2 Å². The molecule has 0 atom stereocenters. The average Bonchev–Trinajstić information content (AvgIpc) is 2.38. The highest BCUT2D eigenvalue weighted by Crippen LogP contribution is 2.24. The Morgan fingerprint density at radius 1 is 1.35 bits per heavy atom. The summed E-state index contributed by atoms with van der Waals surface area (Å²) in [7, 11) is 3.21. The molecule has 1 N–H and O–H groups in total. The van der Waals surface area contributed by atoms with Gasteiger partial charge in [-0.2, -0.15) is 0 Å². The SMILES string of the molecule is COc1ccc(CCNC(=O)CCl)c(OC)c1. The molecule has 0 heterocycles. The molecule has 1 amide bonds. The normalized spacial score (nSPS) is 9.82. The fraction of sp³-hybridized carbons (Fsp3) is 0.417. The number of carbonyl (C=O) groups is 1. The van der Waals surface area contributed by atoms with Gasteiger partial charge in [0.25, 0.3) is 0 Å². The molecule has 0 bridgehead atoms. The predicted octanol–water partition coefficient (Wildman–Crippen LogP) is 1.60. The number of ether oxygens (including phenoxy) is 2. The van der Waals surface area contributed by atoms with E-state index in [9.17, 15) is 4.79 Å². The second kappa shape index (κ2) is 7.01. The Bertz CT molecular complexity index is 382. The van der Waals surface area contributed by atoms with Crippen LogP contribution in [0.4, 0.5) is 0 Å². The Morgan fingerprint density at radius 2 is 2.12 bits per heavy atom. The first-order chi connectivity index (χ1) is 8.21. The van der Waals surface area contributed by atoms with E-state index in [1.54, 1.807) is 14.2 Å². The maximum atomic E-state index is 11.0. The molecule has 1 aromatic carbocycles. The van der Waals surface area contributed by atoms with Gasteiger partial charge in [-0.3, -0.25) is 4.79 Å². The van der Waals surface area contributed by atoms with Crippen molar-refractivity contribution in [3.8, 4) is 11.5 Å². The van der Waals surface area contributed by atoms with Crippen LogP contribution in [0.2, 0.25) is 0 Å². The summed E-state index contributed by atoms with van der Waals surface area (Å²) in [5.74, 6) is 1.32. The van der Waals surface area contributed by atoms with E-state index in [-0.39, 0.29) is 11.8 Å². The van der Waals surface area contributed by atoms with Crippen LogP contribution in [0.5, 0.6) is 11.5 Å². The van der Waals surface area contributed by atoms with Gasteiger partial charge >= 0.3 is 0 Å². The molecule has 0 fully saturated rings. The molecule has 0 radical (unpaired) electrons. The summed E-state index contributed by atoms with van der Waals surface area (Å²) in [5.41, 5.74) is 1.02. The molecule has 5 heteroatoms. The lowest BCUT2D eigenvalue weighted by Gasteiger charge is -2.10. The summed E-state index contributed by atoms with van der Waals surface area (Å²) >= 11 is 5.38. The molecule has 1 aromatic rings. The van der Waals surface area contributed by atoms with Crippen LogP contribution in [0.1, 0.15) is 5.56 Å². The molecule has 0 saturated heterocycles. The minimum Gasteiger partial charge on any atom is -0.497 e. The zero-order valence-corrected chi connectivity index (χ0v) is 10.7. The standard InChI is InChI=1S/C12H16ClNO3/c1-16-10-4-3-9(11(7-10)17-2)5-6-14-12(15)8-13/h3-4,7H,5-6,8H2,1-2H3,(H,14,15). The van der Waals surface area contributed by atoms with E-state index < -0.39 is 0 Å². The van der Waals surface area contributed by atoms with E-state index in [1.807, 2.05) is 18.2 Å². The zero-order valence-electron chi connectivity index (χ0n) is 9.96. The maximum absolute atomic E-state index is 11.0. The van der Waals surface area contributed by atoms with Crippen molar-refractivity contribution in [1.82, 2.24) is 5.32 Å². The first-order valence-electron chi connectivity index (χ1n) is 5.24. The van der Waals surface area contributed by atoms with Gasteiger partial charge in [0.15, 0.2) is 0 Å². The summed E-state index contributed by atoms with van der Waals surface area (Å²) in [6, 6.07) is 5.60. The Labute approximate surface area is 106 Å². The number of benzene rings is 1. The van der Waals surface area contributed by atoms with Crippen molar-refractivity contribution >= 4 is 17.5 Å². The maximum Gasteiger partial charge on any atom is 0.234 e. The molecule has 0 aromatic heterocycles. The van der Waals surface area contributed by atoms with E-state index in [1.165, 1.54) is 0 Å². The molecule has 4 nitrogen and oxygen atoms in total. The number of halogens is 1. The van der Waals surface area contributed by atoms with E-state index >= 15 is 0 Å². The lowest BCUT2D eigenvalue weighted by atomic mass is 10.1.